The molecule has 2 rings (SSSR count). The van der Waals surface area contributed by atoms with E-state index in [1.807, 2.05) is 0 Å². The van der Waals surface area contributed by atoms with Gasteiger partial charge in [0, 0.05) is 12.6 Å². The summed E-state index contributed by atoms with van der Waals surface area (Å²) in [6, 6.07) is 11.4. The van der Waals surface area contributed by atoms with Crippen LogP contribution in [-0.2, 0) is 0 Å². The van der Waals surface area contributed by atoms with E-state index in [9.17, 15) is 0 Å². The van der Waals surface area contributed by atoms with E-state index in [1.165, 1.54) is 37.9 Å². The Hall–Kier alpha value is -0.860. The number of rotatable bonds is 5. The molecule has 2 nitrogen and oxygen atoms in total. The molecule has 1 aromatic rings. The van der Waals surface area contributed by atoms with E-state index in [2.05, 4.69) is 49.1 Å². The Morgan fingerprint density at radius 3 is 2.74 bits per heavy atom. The van der Waals surface area contributed by atoms with E-state index in [0.29, 0.717) is 12.0 Å². The summed E-state index contributed by atoms with van der Waals surface area (Å²) in [5.41, 5.74) is 7.39. The molecule has 0 saturated carbocycles. The van der Waals surface area contributed by atoms with Crippen molar-refractivity contribution >= 4 is 0 Å². The summed E-state index contributed by atoms with van der Waals surface area (Å²) in [6.07, 6.45) is 3.83. The first kappa shape index (κ1) is 14.5. The number of benzene rings is 1. The van der Waals surface area contributed by atoms with Crippen molar-refractivity contribution in [1.29, 1.82) is 0 Å². The minimum Gasteiger partial charge on any atom is -0.329 e. The number of hydrogen-bond donors (Lipinski definition) is 1. The van der Waals surface area contributed by atoms with Crippen molar-refractivity contribution in [2.75, 3.05) is 19.6 Å². The van der Waals surface area contributed by atoms with Gasteiger partial charge in [-0.1, -0.05) is 44.2 Å². The molecule has 0 aromatic heterocycles. The second kappa shape index (κ2) is 7.06. The number of hydrogen-bond acceptors (Lipinski definition) is 2. The predicted molar refractivity (Wildman–Crippen MR) is 82.3 cm³/mol. The Morgan fingerprint density at radius 1 is 1.32 bits per heavy atom. The number of likely N-dealkylation sites (tertiary alicyclic amines) is 1. The average molecular weight is 260 g/mol. The summed E-state index contributed by atoms with van der Waals surface area (Å²) < 4.78 is 0. The molecule has 0 aliphatic carbocycles. The van der Waals surface area contributed by atoms with Crippen LogP contribution < -0.4 is 5.73 Å². The van der Waals surface area contributed by atoms with Gasteiger partial charge in [-0.2, -0.15) is 0 Å². The van der Waals surface area contributed by atoms with Crippen LogP contribution in [0.1, 0.15) is 44.6 Å². The lowest BCUT2D eigenvalue weighted by molar-refractivity contribution is 0.119. The maximum atomic E-state index is 5.93. The van der Waals surface area contributed by atoms with Crippen LogP contribution in [0.15, 0.2) is 30.3 Å². The minimum atomic E-state index is 0.603. The van der Waals surface area contributed by atoms with E-state index < -0.39 is 0 Å². The highest BCUT2D eigenvalue weighted by atomic mass is 15.2. The lowest BCUT2D eigenvalue weighted by Crippen LogP contribution is -2.46. The van der Waals surface area contributed by atoms with Gasteiger partial charge in [0.15, 0.2) is 0 Å². The molecule has 1 aromatic carbocycles. The molecule has 1 saturated heterocycles. The van der Waals surface area contributed by atoms with Crippen molar-refractivity contribution in [3.8, 4) is 0 Å². The molecule has 1 aliphatic heterocycles. The molecule has 0 radical (unpaired) electrons. The van der Waals surface area contributed by atoms with Gasteiger partial charge in [-0.3, -0.25) is 4.90 Å². The predicted octanol–water partition coefficient (Wildman–Crippen LogP) is 3.24. The lowest BCUT2D eigenvalue weighted by Gasteiger charge is -2.38. The maximum Gasteiger partial charge on any atom is 0.0220 e. The third-order valence-electron chi connectivity index (χ3n) is 4.59. The summed E-state index contributed by atoms with van der Waals surface area (Å²) in [4.78, 5) is 2.61. The first-order valence-corrected chi connectivity index (χ1v) is 7.69. The third kappa shape index (κ3) is 4.05. The smallest absolute Gasteiger partial charge is 0.0220 e. The molecule has 1 fully saturated rings. The Bertz CT molecular complexity index is 363. The average Bonchev–Trinajstić information content (AvgIpc) is 2.46. The van der Waals surface area contributed by atoms with Crippen LogP contribution in [0.4, 0.5) is 0 Å². The largest absolute Gasteiger partial charge is 0.329 e. The first-order chi connectivity index (χ1) is 9.20. The van der Waals surface area contributed by atoms with Crippen LogP contribution >= 0.6 is 0 Å². The molecule has 1 heterocycles. The molecule has 106 valence electrons. The summed E-state index contributed by atoms with van der Waals surface area (Å²) in [7, 11) is 0. The van der Waals surface area contributed by atoms with E-state index in [4.69, 9.17) is 5.73 Å². The summed E-state index contributed by atoms with van der Waals surface area (Å²) in [5, 5.41) is 0. The van der Waals surface area contributed by atoms with Crippen molar-refractivity contribution in [3.63, 3.8) is 0 Å². The zero-order chi connectivity index (χ0) is 13.7. The monoisotopic (exact) mass is 260 g/mol. The Morgan fingerprint density at radius 2 is 2.05 bits per heavy atom. The lowest BCUT2D eigenvalue weighted by atomic mass is 9.91. The fraction of sp³-hybridized carbons (Fsp3) is 0.647. The van der Waals surface area contributed by atoms with Gasteiger partial charge >= 0.3 is 0 Å². The zero-order valence-electron chi connectivity index (χ0n) is 12.4. The third-order valence-corrected chi connectivity index (χ3v) is 4.59. The highest BCUT2D eigenvalue weighted by Crippen LogP contribution is 2.24. The second-order valence-corrected chi connectivity index (χ2v) is 6.16. The minimum absolute atomic E-state index is 0.603. The number of piperidine rings is 1. The number of nitrogens with two attached hydrogens (primary N) is 1. The first-order valence-electron chi connectivity index (χ1n) is 7.69. The standard InChI is InChI=1S/C17H28N2/c1-14-8-10-19(17(12-14)13-18)11-9-15(2)16-6-4-3-5-7-16/h3-7,14-15,17H,8-13,18H2,1-2H3. The molecular weight excluding hydrogens is 232 g/mol. The summed E-state index contributed by atoms with van der Waals surface area (Å²) in [5.74, 6) is 1.48. The van der Waals surface area contributed by atoms with Gasteiger partial charge in [0.25, 0.3) is 0 Å². The Balaban J connectivity index is 1.84. The van der Waals surface area contributed by atoms with Crippen LogP contribution in [0.2, 0.25) is 0 Å². The molecule has 0 amide bonds. The summed E-state index contributed by atoms with van der Waals surface area (Å²) >= 11 is 0. The van der Waals surface area contributed by atoms with Crippen molar-refractivity contribution in [2.24, 2.45) is 11.7 Å². The van der Waals surface area contributed by atoms with E-state index in [-0.39, 0.29) is 0 Å². The van der Waals surface area contributed by atoms with Gasteiger partial charge in [0.05, 0.1) is 0 Å². The van der Waals surface area contributed by atoms with Gasteiger partial charge in [-0.05, 0) is 49.8 Å². The fourth-order valence-electron chi connectivity index (χ4n) is 3.15. The van der Waals surface area contributed by atoms with Crippen molar-refractivity contribution < 1.29 is 0 Å². The van der Waals surface area contributed by atoms with Crippen molar-refractivity contribution in [3.05, 3.63) is 35.9 Å². The topological polar surface area (TPSA) is 29.3 Å². The molecule has 0 bridgehead atoms. The maximum absolute atomic E-state index is 5.93. The fourth-order valence-corrected chi connectivity index (χ4v) is 3.15. The molecular formula is C17H28N2. The van der Waals surface area contributed by atoms with Gasteiger partial charge in [0.1, 0.15) is 0 Å². The van der Waals surface area contributed by atoms with Crippen LogP contribution in [0.5, 0.6) is 0 Å². The van der Waals surface area contributed by atoms with Gasteiger partial charge in [-0.25, -0.2) is 0 Å². The quantitative estimate of drug-likeness (QED) is 0.880. The Kier molecular flexibility index (Phi) is 5.41. The number of nitrogens with zero attached hydrogens (tertiary/aromatic N) is 1. The molecule has 2 heteroatoms. The van der Waals surface area contributed by atoms with Gasteiger partial charge in [0.2, 0.25) is 0 Å². The molecule has 19 heavy (non-hydrogen) atoms. The highest BCUT2D eigenvalue weighted by molar-refractivity contribution is 5.18. The van der Waals surface area contributed by atoms with Crippen molar-refractivity contribution in [2.45, 2.75) is 45.1 Å². The zero-order valence-corrected chi connectivity index (χ0v) is 12.4. The molecule has 3 atom stereocenters. The van der Waals surface area contributed by atoms with Crippen LogP contribution in [0, 0.1) is 5.92 Å². The summed E-state index contributed by atoms with van der Waals surface area (Å²) in [6.45, 7) is 7.91. The molecule has 2 N–H and O–H groups in total. The highest BCUT2D eigenvalue weighted by Gasteiger charge is 2.25. The SMILES string of the molecule is CC1CCN(CCC(C)c2ccccc2)C(CN)C1. The van der Waals surface area contributed by atoms with Crippen LogP contribution in [0.25, 0.3) is 0 Å². The van der Waals surface area contributed by atoms with Gasteiger partial charge in [-0.15, -0.1) is 0 Å². The molecule has 0 spiro atoms. The molecule has 1 aliphatic rings. The van der Waals surface area contributed by atoms with E-state index in [0.717, 1.165) is 12.5 Å². The normalized spacial score (nSPS) is 26.3. The van der Waals surface area contributed by atoms with Crippen molar-refractivity contribution in [1.82, 2.24) is 4.90 Å². The van der Waals surface area contributed by atoms with Crippen LogP contribution in [0.3, 0.4) is 0 Å². The van der Waals surface area contributed by atoms with Crippen LogP contribution in [-0.4, -0.2) is 30.6 Å². The second-order valence-electron chi connectivity index (χ2n) is 6.16. The Labute approximate surface area is 118 Å². The molecule has 3 unspecified atom stereocenters. The van der Waals surface area contributed by atoms with E-state index >= 15 is 0 Å². The van der Waals surface area contributed by atoms with Gasteiger partial charge < -0.3 is 5.73 Å². The van der Waals surface area contributed by atoms with E-state index in [1.54, 1.807) is 0 Å².